The lowest BCUT2D eigenvalue weighted by Crippen LogP contribution is -2.23. The van der Waals surface area contributed by atoms with Crippen LogP contribution in [0.1, 0.15) is 37.1 Å². The van der Waals surface area contributed by atoms with Crippen molar-refractivity contribution < 1.29 is 0 Å². The monoisotopic (exact) mass is 371 g/mol. The van der Waals surface area contributed by atoms with Gasteiger partial charge in [0.1, 0.15) is 0 Å². The smallest absolute Gasteiger partial charge is 0.0454 e. The molecule has 0 aromatic heterocycles. The molecule has 2 atom stereocenters. The van der Waals surface area contributed by atoms with Gasteiger partial charge in [-0.3, -0.25) is 0 Å². The Morgan fingerprint density at radius 1 is 0.950 bits per heavy atom. The maximum Gasteiger partial charge on any atom is 0.0454 e. The molecule has 20 heavy (non-hydrogen) atoms. The van der Waals surface area contributed by atoms with E-state index in [1.165, 1.54) is 5.56 Å². The average molecular weight is 373 g/mol. The molecule has 0 amide bonds. The van der Waals surface area contributed by atoms with Gasteiger partial charge in [0, 0.05) is 26.6 Å². The third-order valence-electron chi connectivity index (χ3n) is 3.30. The molecule has 1 N–H and O–H groups in total. The van der Waals surface area contributed by atoms with Crippen LogP contribution in [0.15, 0.2) is 46.9 Å². The summed E-state index contributed by atoms with van der Waals surface area (Å²) in [5.74, 6) is 0. The molecule has 0 bridgehead atoms. The molecule has 0 aliphatic rings. The van der Waals surface area contributed by atoms with Gasteiger partial charge in [0.15, 0.2) is 0 Å². The lowest BCUT2D eigenvalue weighted by molar-refractivity contribution is 0.493. The second-order valence-electron chi connectivity index (χ2n) is 4.80. The molecule has 2 rings (SSSR count). The molecule has 2 unspecified atom stereocenters. The highest BCUT2D eigenvalue weighted by molar-refractivity contribution is 9.10. The SMILES string of the molecule is CC(NC(C)c1ccccc1Br)c1cc(Cl)ccc1Cl. The van der Waals surface area contributed by atoms with E-state index >= 15 is 0 Å². The highest BCUT2D eigenvalue weighted by Gasteiger charge is 2.15. The van der Waals surface area contributed by atoms with Crippen LogP contribution in [0, 0.1) is 0 Å². The summed E-state index contributed by atoms with van der Waals surface area (Å²) >= 11 is 15.9. The molecule has 0 saturated carbocycles. The number of rotatable bonds is 4. The van der Waals surface area contributed by atoms with Gasteiger partial charge >= 0.3 is 0 Å². The largest absolute Gasteiger partial charge is 0.304 e. The van der Waals surface area contributed by atoms with Crippen molar-refractivity contribution in [2.45, 2.75) is 25.9 Å². The van der Waals surface area contributed by atoms with Crippen LogP contribution in [-0.2, 0) is 0 Å². The van der Waals surface area contributed by atoms with Crippen molar-refractivity contribution in [2.24, 2.45) is 0 Å². The van der Waals surface area contributed by atoms with E-state index in [-0.39, 0.29) is 12.1 Å². The molecule has 0 spiro atoms. The first kappa shape index (κ1) is 15.8. The molecule has 2 aromatic rings. The third-order valence-corrected chi connectivity index (χ3v) is 4.60. The van der Waals surface area contributed by atoms with Crippen molar-refractivity contribution in [3.8, 4) is 0 Å². The van der Waals surface area contributed by atoms with Crippen LogP contribution in [-0.4, -0.2) is 0 Å². The van der Waals surface area contributed by atoms with E-state index < -0.39 is 0 Å². The summed E-state index contributed by atoms with van der Waals surface area (Å²) in [6, 6.07) is 14.1. The fourth-order valence-corrected chi connectivity index (χ4v) is 3.32. The highest BCUT2D eigenvalue weighted by Crippen LogP contribution is 2.29. The maximum atomic E-state index is 6.24. The first-order valence-corrected chi connectivity index (χ1v) is 7.99. The van der Waals surface area contributed by atoms with Crippen LogP contribution in [0.2, 0.25) is 10.0 Å². The van der Waals surface area contributed by atoms with Gasteiger partial charge in [0.25, 0.3) is 0 Å². The second kappa shape index (κ2) is 6.95. The van der Waals surface area contributed by atoms with E-state index in [9.17, 15) is 0 Å². The molecule has 0 radical (unpaired) electrons. The Morgan fingerprint density at radius 3 is 2.30 bits per heavy atom. The molecule has 0 aliphatic carbocycles. The van der Waals surface area contributed by atoms with E-state index in [0.29, 0.717) is 5.02 Å². The van der Waals surface area contributed by atoms with Crippen molar-refractivity contribution in [1.29, 1.82) is 0 Å². The number of halogens is 3. The Kier molecular flexibility index (Phi) is 5.50. The zero-order valence-electron chi connectivity index (χ0n) is 11.3. The summed E-state index contributed by atoms with van der Waals surface area (Å²) in [5, 5.41) is 4.98. The van der Waals surface area contributed by atoms with E-state index in [1.54, 1.807) is 6.07 Å². The van der Waals surface area contributed by atoms with Crippen LogP contribution in [0.3, 0.4) is 0 Å². The fourth-order valence-electron chi connectivity index (χ4n) is 2.23. The predicted molar refractivity (Wildman–Crippen MR) is 90.6 cm³/mol. The lowest BCUT2D eigenvalue weighted by Gasteiger charge is -2.22. The van der Waals surface area contributed by atoms with Gasteiger partial charge in [-0.1, -0.05) is 57.3 Å². The molecule has 4 heteroatoms. The highest BCUT2D eigenvalue weighted by atomic mass is 79.9. The van der Waals surface area contributed by atoms with E-state index in [0.717, 1.165) is 15.1 Å². The predicted octanol–water partition coefficient (Wildman–Crippen LogP) is 6.17. The van der Waals surface area contributed by atoms with Crippen molar-refractivity contribution in [3.05, 3.63) is 68.1 Å². The minimum absolute atomic E-state index is 0.114. The summed E-state index contributed by atoms with van der Waals surface area (Å²) in [5.41, 5.74) is 2.23. The van der Waals surface area contributed by atoms with Gasteiger partial charge in [-0.25, -0.2) is 0 Å². The van der Waals surface area contributed by atoms with Crippen LogP contribution in [0.5, 0.6) is 0 Å². The van der Waals surface area contributed by atoms with Gasteiger partial charge in [-0.05, 0) is 49.2 Å². The van der Waals surface area contributed by atoms with Crippen LogP contribution < -0.4 is 5.32 Å². The van der Waals surface area contributed by atoms with Crippen molar-refractivity contribution in [2.75, 3.05) is 0 Å². The third kappa shape index (κ3) is 3.76. The topological polar surface area (TPSA) is 12.0 Å². The van der Waals surface area contributed by atoms with Crippen molar-refractivity contribution in [3.63, 3.8) is 0 Å². The quantitative estimate of drug-likeness (QED) is 0.676. The van der Waals surface area contributed by atoms with Gasteiger partial charge in [0.2, 0.25) is 0 Å². The minimum Gasteiger partial charge on any atom is -0.304 e. The maximum absolute atomic E-state index is 6.24. The minimum atomic E-state index is 0.114. The van der Waals surface area contributed by atoms with Crippen LogP contribution >= 0.6 is 39.1 Å². The Hall–Kier alpha value is -0.540. The summed E-state index contributed by atoms with van der Waals surface area (Å²) in [6.07, 6.45) is 0. The summed E-state index contributed by atoms with van der Waals surface area (Å²) in [4.78, 5) is 0. The summed E-state index contributed by atoms with van der Waals surface area (Å²) < 4.78 is 1.10. The summed E-state index contributed by atoms with van der Waals surface area (Å²) in [7, 11) is 0. The van der Waals surface area contributed by atoms with Gasteiger partial charge in [0.05, 0.1) is 0 Å². The van der Waals surface area contributed by atoms with E-state index in [4.69, 9.17) is 23.2 Å². The molecule has 0 fully saturated rings. The van der Waals surface area contributed by atoms with Crippen LogP contribution in [0.25, 0.3) is 0 Å². The Balaban J connectivity index is 2.17. The molecule has 0 saturated heterocycles. The zero-order chi connectivity index (χ0) is 14.7. The molecular formula is C16H16BrCl2N. The van der Waals surface area contributed by atoms with Gasteiger partial charge in [-0.2, -0.15) is 0 Å². The van der Waals surface area contributed by atoms with E-state index in [2.05, 4.69) is 41.2 Å². The first-order chi connectivity index (χ1) is 9.49. The Morgan fingerprint density at radius 2 is 1.60 bits per heavy atom. The van der Waals surface area contributed by atoms with Gasteiger partial charge < -0.3 is 5.32 Å². The number of hydrogen-bond donors (Lipinski definition) is 1. The van der Waals surface area contributed by atoms with E-state index in [1.807, 2.05) is 30.3 Å². The number of hydrogen-bond acceptors (Lipinski definition) is 1. The molecule has 106 valence electrons. The van der Waals surface area contributed by atoms with Gasteiger partial charge in [-0.15, -0.1) is 0 Å². The zero-order valence-corrected chi connectivity index (χ0v) is 14.4. The first-order valence-electron chi connectivity index (χ1n) is 6.44. The number of benzene rings is 2. The standard InChI is InChI=1S/C16H16BrCl2N/c1-10(13-5-3-4-6-15(13)17)20-11(2)14-9-12(18)7-8-16(14)19/h3-11,20H,1-2H3. The summed E-state index contributed by atoms with van der Waals surface area (Å²) in [6.45, 7) is 4.22. The Labute approximate surface area is 138 Å². The van der Waals surface area contributed by atoms with Crippen molar-refractivity contribution >= 4 is 39.1 Å². The lowest BCUT2D eigenvalue weighted by atomic mass is 10.0. The fraction of sp³-hybridized carbons (Fsp3) is 0.250. The normalized spacial score (nSPS) is 14.1. The Bertz CT molecular complexity index is 601. The second-order valence-corrected chi connectivity index (χ2v) is 6.50. The van der Waals surface area contributed by atoms with Crippen LogP contribution in [0.4, 0.5) is 0 Å². The average Bonchev–Trinajstić information content (AvgIpc) is 2.41. The molecule has 2 aromatic carbocycles. The van der Waals surface area contributed by atoms with Crippen molar-refractivity contribution in [1.82, 2.24) is 5.32 Å². The molecule has 0 heterocycles. The molecule has 0 aliphatic heterocycles. The molecule has 1 nitrogen and oxygen atoms in total. The number of nitrogens with one attached hydrogen (secondary N) is 1. The molecular weight excluding hydrogens is 357 g/mol.